The Morgan fingerprint density at radius 1 is 1.71 bits per heavy atom. The van der Waals surface area contributed by atoms with E-state index >= 15 is 0 Å². The maximum absolute atomic E-state index is 5.37. The number of nitrogens with zero attached hydrogens (tertiary/aromatic N) is 1. The minimum atomic E-state index is 0.143. The van der Waals surface area contributed by atoms with Gasteiger partial charge < -0.3 is 10.1 Å². The van der Waals surface area contributed by atoms with E-state index in [1.165, 1.54) is 5.56 Å². The lowest BCUT2D eigenvalue weighted by molar-refractivity contribution is 0.171. The SMILES string of the molecule is Cc1[nH]ncc1CNC1(C)CCOC1. The number of nitrogens with one attached hydrogen (secondary N) is 2. The molecule has 2 heterocycles. The number of ether oxygens (including phenoxy) is 1. The molecule has 4 nitrogen and oxygen atoms in total. The molecule has 0 saturated carbocycles. The van der Waals surface area contributed by atoms with E-state index in [1.807, 2.05) is 13.1 Å². The van der Waals surface area contributed by atoms with Crippen LogP contribution in [0.25, 0.3) is 0 Å². The molecule has 1 fully saturated rings. The molecular formula is C10H17N3O. The van der Waals surface area contributed by atoms with Crippen molar-refractivity contribution < 1.29 is 4.74 Å². The van der Waals surface area contributed by atoms with E-state index in [-0.39, 0.29) is 5.54 Å². The monoisotopic (exact) mass is 195 g/mol. The smallest absolute Gasteiger partial charge is 0.0646 e. The third-order valence-electron chi connectivity index (χ3n) is 2.86. The van der Waals surface area contributed by atoms with Crippen molar-refractivity contribution in [3.8, 4) is 0 Å². The number of hydrogen-bond acceptors (Lipinski definition) is 3. The van der Waals surface area contributed by atoms with Gasteiger partial charge in [0, 0.05) is 29.9 Å². The van der Waals surface area contributed by atoms with E-state index < -0.39 is 0 Å². The Balaban J connectivity index is 1.91. The Morgan fingerprint density at radius 3 is 3.14 bits per heavy atom. The second-order valence-corrected chi connectivity index (χ2v) is 4.24. The summed E-state index contributed by atoms with van der Waals surface area (Å²) < 4.78 is 5.37. The molecule has 1 aromatic heterocycles. The highest BCUT2D eigenvalue weighted by Gasteiger charge is 2.28. The number of H-pyrrole nitrogens is 1. The van der Waals surface area contributed by atoms with Crippen molar-refractivity contribution in [3.63, 3.8) is 0 Å². The van der Waals surface area contributed by atoms with E-state index in [9.17, 15) is 0 Å². The zero-order valence-electron chi connectivity index (χ0n) is 8.76. The van der Waals surface area contributed by atoms with Crippen LogP contribution in [0, 0.1) is 6.92 Å². The number of aryl methyl sites for hydroxylation is 1. The minimum Gasteiger partial charge on any atom is -0.379 e. The molecule has 0 amide bonds. The van der Waals surface area contributed by atoms with Gasteiger partial charge in [-0.2, -0.15) is 5.10 Å². The van der Waals surface area contributed by atoms with Gasteiger partial charge in [0.1, 0.15) is 0 Å². The topological polar surface area (TPSA) is 49.9 Å². The predicted octanol–water partition coefficient (Wildman–Crippen LogP) is 0.987. The van der Waals surface area contributed by atoms with Crippen molar-refractivity contribution >= 4 is 0 Å². The van der Waals surface area contributed by atoms with Gasteiger partial charge in [-0.25, -0.2) is 0 Å². The summed E-state index contributed by atoms with van der Waals surface area (Å²) in [6.45, 7) is 6.78. The average Bonchev–Trinajstić information content (AvgIpc) is 2.73. The van der Waals surface area contributed by atoms with Gasteiger partial charge in [-0.3, -0.25) is 5.10 Å². The first-order valence-corrected chi connectivity index (χ1v) is 5.01. The lowest BCUT2D eigenvalue weighted by Crippen LogP contribution is -2.42. The van der Waals surface area contributed by atoms with Crippen molar-refractivity contribution in [2.24, 2.45) is 0 Å². The highest BCUT2D eigenvalue weighted by Crippen LogP contribution is 2.18. The van der Waals surface area contributed by atoms with Crippen molar-refractivity contribution in [2.75, 3.05) is 13.2 Å². The summed E-state index contributed by atoms with van der Waals surface area (Å²) in [6, 6.07) is 0. The van der Waals surface area contributed by atoms with Crippen LogP contribution in [-0.2, 0) is 11.3 Å². The number of aromatic amines is 1. The maximum Gasteiger partial charge on any atom is 0.0646 e. The Bertz CT molecular complexity index is 302. The van der Waals surface area contributed by atoms with Crippen molar-refractivity contribution in [2.45, 2.75) is 32.4 Å². The molecule has 0 bridgehead atoms. The van der Waals surface area contributed by atoms with Crippen molar-refractivity contribution in [3.05, 3.63) is 17.5 Å². The molecule has 1 atom stereocenters. The van der Waals surface area contributed by atoms with Crippen LogP contribution >= 0.6 is 0 Å². The van der Waals surface area contributed by atoms with Gasteiger partial charge in [0.25, 0.3) is 0 Å². The van der Waals surface area contributed by atoms with Crippen LogP contribution in [0.1, 0.15) is 24.6 Å². The third kappa shape index (κ3) is 1.96. The third-order valence-corrected chi connectivity index (χ3v) is 2.86. The number of hydrogen-bond donors (Lipinski definition) is 2. The van der Waals surface area contributed by atoms with Gasteiger partial charge in [-0.1, -0.05) is 0 Å². The maximum atomic E-state index is 5.37. The molecule has 0 radical (unpaired) electrons. The highest BCUT2D eigenvalue weighted by molar-refractivity contribution is 5.14. The fraction of sp³-hybridized carbons (Fsp3) is 0.700. The fourth-order valence-electron chi connectivity index (χ4n) is 1.67. The van der Waals surface area contributed by atoms with Crippen LogP contribution in [0.4, 0.5) is 0 Å². The number of aromatic nitrogens is 2. The predicted molar refractivity (Wildman–Crippen MR) is 54.0 cm³/mol. The second-order valence-electron chi connectivity index (χ2n) is 4.24. The zero-order chi connectivity index (χ0) is 10.0. The van der Waals surface area contributed by atoms with E-state index in [2.05, 4.69) is 22.4 Å². The summed E-state index contributed by atoms with van der Waals surface area (Å²) >= 11 is 0. The largest absolute Gasteiger partial charge is 0.379 e. The van der Waals surface area contributed by atoms with Gasteiger partial charge in [-0.15, -0.1) is 0 Å². The summed E-state index contributed by atoms with van der Waals surface area (Å²) in [5.41, 5.74) is 2.52. The second kappa shape index (κ2) is 3.71. The highest BCUT2D eigenvalue weighted by atomic mass is 16.5. The molecule has 78 valence electrons. The van der Waals surface area contributed by atoms with Crippen LogP contribution in [0.3, 0.4) is 0 Å². The molecule has 0 spiro atoms. The van der Waals surface area contributed by atoms with Gasteiger partial charge >= 0.3 is 0 Å². The van der Waals surface area contributed by atoms with Crippen LogP contribution in [0.15, 0.2) is 6.20 Å². The Morgan fingerprint density at radius 2 is 2.57 bits per heavy atom. The molecule has 1 unspecified atom stereocenters. The van der Waals surface area contributed by atoms with Gasteiger partial charge in [0.05, 0.1) is 12.8 Å². The Hall–Kier alpha value is -0.870. The van der Waals surface area contributed by atoms with Crippen molar-refractivity contribution in [1.82, 2.24) is 15.5 Å². The molecule has 4 heteroatoms. The Kier molecular flexibility index (Phi) is 2.56. The Labute approximate surface area is 84.0 Å². The molecular weight excluding hydrogens is 178 g/mol. The molecule has 2 rings (SSSR count). The molecule has 1 aromatic rings. The molecule has 1 aliphatic rings. The van der Waals surface area contributed by atoms with Crippen LogP contribution in [0.5, 0.6) is 0 Å². The standard InChI is InChI=1S/C10H17N3O/c1-8-9(6-12-13-8)5-11-10(2)3-4-14-7-10/h6,11H,3-5,7H2,1-2H3,(H,12,13). The van der Waals surface area contributed by atoms with Crippen LogP contribution in [-0.4, -0.2) is 29.0 Å². The molecule has 1 saturated heterocycles. The summed E-state index contributed by atoms with van der Waals surface area (Å²) in [7, 11) is 0. The van der Waals surface area contributed by atoms with E-state index in [0.717, 1.165) is 31.9 Å². The normalized spacial score (nSPS) is 27.0. The summed E-state index contributed by atoms with van der Waals surface area (Å²) in [5.74, 6) is 0. The van der Waals surface area contributed by atoms with Crippen molar-refractivity contribution in [1.29, 1.82) is 0 Å². The lowest BCUT2D eigenvalue weighted by Gasteiger charge is -2.23. The minimum absolute atomic E-state index is 0.143. The molecule has 0 aromatic carbocycles. The fourth-order valence-corrected chi connectivity index (χ4v) is 1.67. The lowest BCUT2D eigenvalue weighted by atomic mass is 10.0. The van der Waals surface area contributed by atoms with E-state index in [1.54, 1.807) is 0 Å². The van der Waals surface area contributed by atoms with Gasteiger partial charge in [0.15, 0.2) is 0 Å². The van der Waals surface area contributed by atoms with Crippen LogP contribution < -0.4 is 5.32 Å². The van der Waals surface area contributed by atoms with Crippen LogP contribution in [0.2, 0.25) is 0 Å². The molecule has 0 aliphatic carbocycles. The zero-order valence-corrected chi connectivity index (χ0v) is 8.76. The summed E-state index contributed by atoms with van der Waals surface area (Å²) in [4.78, 5) is 0. The van der Waals surface area contributed by atoms with E-state index in [0.29, 0.717) is 0 Å². The first-order valence-electron chi connectivity index (χ1n) is 5.01. The molecule has 14 heavy (non-hydrogen) atoms. The van der Waals surface area contributed by atoms with E-state index in [4.69, 9.17) is 4.74 Å². The summed E-state index contributed by atoms with van der Waals surface area (Å²) in [6.07, 6.45) is 2.96. The number of rotatable bonds is 3. The average molecular weight is 195 g/mol. The first-order chi connectivity index (χ1) is 6.70. The molecule has 1 aliphatic heterocycles. The molecule has 2 N–H and O–H groups in total. The van der Waals surface area contributed by atoms with Gasteiger partial charge in [0.2, 0.25) is 0 Å². The van der Waals surface area contributed by atoms with Gasteiger partial charge in [-0.05, 0) is 20.3 Å². The summed E-state index contributed by atoms with van der Waals surface area (Å²) in [5, 5.41) is 10.4. The first kappa shape index (κ1) is 9.68. The quantitative estimate of drug-likeness (QED) is 0.756.